The van der Waals surface area contributed by atoms with Gasteiger partial charge in [-0.1, -0.05) is 12.1 Å². The van der Waals surface area contributed by atoms with Crippen LogP contribution >= 0.6 is 0 Å². The van der Waals surface area contributed by atoms with Crippen molar-refractivity contribution in [1.82, 2.24) is 0 Å². The Morgan fingerprint density at radius 3 is 2.41 bits per heavy atom. The molecule has 0 fully saturated rings. The lowest BCUT2D eigenvalue weighted by atomic mass is 10.2. The molecule has 0 amide bonds. The van der Waals surface area contributed by atoms with E-state index in [4.69, 9.17) is 14.2 Å². The highest BCUT2D eigenvalue weighted by atomic mass is 16.7. The molecular formula is C13H16O4. The van der Waals surface area contributed by atoms with Gasteiger partial charge in [-0.2, -0.15) is 0 Å². The summed E-state index contributed by atoms with van der Waals surface area (Å²) in [6.45, 7) is 4.02. The minimum Gasteiger partial charge on any atom is -0.466 e. The van der Waals surface area contributed by atoms with Crippen molar-refractivity contribution in [3.8, 4) is 11.5 Å². The Bertz CT molecular complexity index is 389. The molecule has 4 nitrogen and oxygen atoms in total. The van der Waals surface area contributed by atoms with Gasteiger partial charge in [-0.15, -0.1) is 0 Å². The van der Waals surface area contributed by atoms with E-state index in [0.29, 0.717) is 19.4 Å². The van der Waals surface area contributed by atoms with Crippen LogP contribution in [0.15, 0.2) is 24.3 Å². The van der Waals surface area contributed by atoms with Crippen molar-refractivity contribution < 1.29 is 19.0 Å². The van der Waals surface area contributed by atoms with Gasteiger partial charge in [0.05, 0.1) is 13.0 Å². The monoisotopic (exact) mass is 236 g/mol. The predicted octanol–water partition coefficient (Wildman–Crippen LogP) is 2.52. The van der Waals surface area contributed by atoms with Crippen molar-refractivity contribution in [3.05, 3.63) is 24.3 Å². The van der Waals surface area contributed by atoms with Gasteiger partial charge in [0.15, 0.2) is 11.5 Å². The Morgan fingerprint density at radius 2 is 1.88 bits per heavy atom. The van der Waals surface area contributed by atoms with Crippen molar-refractivity contribution in [2.24, 2.45) is 0 Å². The second-order valence-electron chi connectivity index (χ2n) is 4.09. The van der Waals surface area contributed by atoms with Gasteiger partial charge in [0.2, 0.25) is 5.79 Å². The molecule has 0 atom stereocenters. The molecule has 1 aliphatic heterocycles. The Labute approximate surface area is 100 Å². The minimum absolute atomic E-state index is 0.225. The molecule has 2 rings (SSSR count). The fourth-order valence-corrected chi connectivity index (χ4v) is 1.77. The average molecular weight is 236 g/mol. The minimum atomic E-state index is -0.767. The van der Waals surface area contributed by atoms with Crippen LogP contribution in [0.1, 0.15) is 26.7 Å². The third-order valence-electron chi connectivity index (χ3n) is 2.59. The zero-order valence-electron chi connectivity index (χ0n) is 10.1. The van der Waals surface area contributed by atoms with Crippen LogP contribution in [0.5, 0.6) is 11.5 Å². The SMILES string of the molecule is CCOC(=O)CCC1(C)Oc2ccccc2O1. The van der Waals surface area contributed by atoms with E-state index in [9.17, 15) is 4.79 Å². The summed E-state index contributed by atoms with van der Waals surface area (Å²) in [5.74, 6) is 0.450. The topological polar surface area (TPSA) is 44.8 Å². The van der Waals surface area contributed by atoms with Crippen LogP contribution in [0.3, 0.4) is 0 Å². The first-order valence-electron chi connectivity index (χ1n) is 5.75. The molecule has 0 aromatic heterocycles. The highest BCUT2D eigenvalue weighted by Crippen LogP contribution is 2.40. The lowest BCUT2D eigenvalue weighted by molar-refractivity contribution is -0.146. The maximum Gasteiger partial charge on any atom is 0.306 e. The number of rotatable bonds is 4. The zero-order valence-corrected chi connectivity index (χ0v) is 10.1. The largest absolute Gasteiger partial charge is 0.466 e. The molecule has 0 bridgehead atoms. The number of para-hydroxylation sites is 2. The number of esters is 1. The first-order valence-corrected chi connectivity index (χ1v) is 5.75. The normalized spacial score (nSPS) is 15.6. The van der Waals surface area contributed by atoms with Crippen molar-refractivity contribution in [1.29, 1.82) is 0 Å². The number of benzene rings is 1. The van der Waals surface area contributed by atoms with Crippen LogP contribution in [0, 0.1) is 0 Å². The molecule has 0 spiro atoms. The van der Waals surface area contributed by atoms with Gasteiger partial charge in [-0.05, 0) is 19.1 Å². The Morgan fingerprint density at radius 1 is 1.29 bits per heavy atom. The second-order valence-corrected chi connectivity index (χ2v) is 4.09. The van der Waals surface area contributed by atoms with Crippen molar-refractivity contribution in [2.75, 3.05) is 6.61 Å². The van der Waals surface area contributed by atoms with Gasteiger partial charge in [0, 0.05) is 13.3 Å². The Balaban J connectivity index is 1.93. The third-order valence-corrected chi connectivity index (χ3v) is 2.59. The summed E-state index contributed by atoms with van der Waals surface area (Å²) < 4.78 is 16.3. The van der Waals surface area contributed by atoms with E-state index in [1.807, 2.05) is 31.2 Å². The summed E-state index contributed by atoms with van der Waals surface area (Å²) in [7, 11) is 0. The van der Waals surface area contributed by atoms with Crippen LogP contribution < -0.4 is 9.47 Å². The molecule has 0 saturated heterocycles. The molecule has 17 heavy (non-hydrogen) atoms. The average Bonchev–Trinajstić information content (AvgIpc) is 2.64. The van der Waals surface area contributed by atoms with E-state index in [-0.39, 0.29) is 5.97 Å². The fraction of sp³-hybridized carbons (Fsp3) is 0.462. The van der Waals surface area contributed by atoms with Gasteiger partial charge < -0.3 is 14.2 Å². The number of hydrogen-bond acceptors (Lipinski definition) is 4. The van der Waals surface area contributed by atoms with Crippen molar-refractivity contribution in [3.63, 3.8) is 0 Å². The smallest absolute Gasteiger partial charge is 0.306 e. The lowest BCUT2D eigenvalue weighted by Gasteiger charge is -2.22. The number of hydrogen-bond donors (Lipinski definition) is 0. The molecule has 1 heterocycles. The first-order chi connectivity index (χ1) is 8.13. The van der Waals surface area contributed by atoms with Gasteiger partial charge >= 0.3 is 5.97 Å². The van der Waals surface area contributed by atoms with Crippen LogP contribution in [0.25, 0.3) is 0 Å². The van der Waals surface area contributed by atoms with Crippen LogP contribution in [-0.2, 0) is 9.53 Å². The predicted molar refractivity (Wildman–Crippen MR) is 62.0 cm³/mol. The summed E-state index contributed by atoms with van der Waals surface area (Å²) in [4.78, 5) is 11.3. The summed E-state index contributed by atoms with van der Waals surface area (Å²) >= 11 is 0. The molecule has 0 radical (unpaired) electrons. The first kappa shape index (κ1) is 11.8. The zero-order chi connectivity index (χ0) is 12.3. The quantitative estimate of drug-likeness (QED) is 0.753. The van der Waals surface area contributed by atoms with Crippen LogP contribution in [0.4, 0.5) is 0 Å². The van der Waals surface area contributed by atoms with Crippen LogP contribution in [-0.4, -0.2) is 18.4 Å². The highest BCUT2D eigenvalue weighted by molar-refractivity contribution is 5.69. The van der Waals surface area contributed by atoms with Gasteiger partial charge in [-0.3, -0.25) is 4.79 Å². The molecule has 0 saturated carbocycles. The summed E-state index contributed by atoms with van der Waals surface area (Å²) in [6.07, 6.45) is 0.763. The maximum atomic E-state index is 11.3. The van der Waals surface area contributed by atoms with E-state index in [1.54, 1.807) is 6.92 Å². The molecular weight excluding hydrogens is 220 g/mol. The second kappa shape index (κ2) is 4.65. The molecule has 92 valence electrons. The summed E-state index contributed by atoms with van der Waals surface area (Å²) in [5, 5.41) is 0. The third kappa shape index (κ3) is 2.70. The number of carbonyl (C=O) groups is 1. The number of ether oxygens (including phenoxy) is 3. The molecule has 1 aromatic carbocycles. The van der Waals surface area contributed by atoms with Gasteiger partial charge in [-0.25, -0.2) is 0 Å². The van der Waals surface area contributed by atoms with Crippen LogP contribution in [0.2, 0.25) is 0 Å². The number of fused-ring (bicyclic) bond motifs is 1. The maximum absolute atomic E-state index is 11.3. The molecule has 0 aliphatic carbocycles. The van der Waals surface area contributed by atoms with Gasteiger partial charge in [0.1, 0.15) is 0 Å². The van der Waals surface area contributed by atoms with E-state index in [0.717, 1.165) is 11.5 Å². The van der Waals surface area contributed by atoms with Crippen molar-refractivity contribution >= 4 is 5.97 Å². The van der Waals surface area contributed by atoms with E-state index in [1.165, 1.54) is 0 Å². The van der Waals surface area contributed by atoms with Gasteiger partial charge in [0.25, 0.3) is 0 Å². The summed E-state index contributed by atoms with van der Waals surface area (Å²) in [6, 6.07) is 7.48. The molecule has 0 unspecified atom stereocenters. The molecule has 1 aromatic rings. The summed E-state index contributed by atoms with van der Waals surface area (Å²) in [5.41, 5.74) is 0. The van der Waals surface area contributed by atoms with E-state index < -0.39 is 5.79 Å². The van der Waals surface area contributed by atoms with E-state index >= 15 is 0 Å². The Kier molecular flexibility index (Phi) is 3.22. The van der Waals surface area contributed by atoms with Crippen molar-refractivity contribution in [2.45, 2.75) is 32.5 Å². The standard InChI is InChI=1S/C13H16O4/c1-3-15-12(14)8-9-13(2)16-10-6-4-5-7-11(10)17-13/h4-7H,3,8-9H2,1-2H3. The lowest BCUT2D eigenvalue weighted by Crippen LogP contribution is -2.35. The fourth-order valence-electron chi connectivity index (χ4n) is 1.77. The molecule has 0 N–H and O–H groups in total. The Hall–Kier alpha value is -1.71. The molecule has 4 heteroatoms. The highest BCUT2D eigenvalue weighted by Gasteiger charge is 2.36. The molecule has 1 aliphatic rings. The number of carbonyl (C=O) groups excluding carboxylic acids is 1. The van der Waals surface area contributed by atoms with E-state index in [2.05, 4.69) is 0 Å².